The molecule has 0 aliphatic rings. The van der Waals surface area contributed by atoms with Crippen LogP contribution in [0.4, 0.5) is 0 Å². The van der Waals surface area contributed by atoms with E-state index in [1.54, 1.807) is 25.1 Å². The van der Waals surface area contributed by atoms with Crippen molar-refractivity contribution in [1.82, 2.24) is 10.6 Å². The predicted octanol–water partition coefficient (Wildman–Crippen LogP) is 4.21. The summed E-state index contributed by atoms with van der Waals surface area (Å²) in [6.45, 7) is 9.62. The van der Waals surface area contributed by atoms with Crippen LogP contribution in [0.1, 0.15) is 39.2 Å². The maximum atomic E-state index is 12.8. The van der Waals surface area contributed by atoms with Gasteiger partial charge in [0.05, 0.1) is 49.6 Å². The van der Waals surface area contributed by atoms with E-state index in [1.807, 2.05) is 13.0 Å². The summed E-state index contributed by atoms with van der Waals surface area (Å²) in [5.41, 5.74) is 7.37. The molecule has 0 saturated carbocycles. The van der Waals surface area contributed by atoms with Gasteiger partial charge in [-0.25, -0.2) is 0 Å². The molecule has 1 rings (SSSR count). The zero-order valence-electron chi connectivity index (χ0n) is 20.9. The van der Waals surface area contributed by atoms with Crippen LogP contribution in [0.3, 0.4) is 0 Å². The number of ether oxygens (including phenoxy) is 3. The molecule has 0 saturated heterocycles. The summed E-state index contributed by atoms with van der Waals surface area (Å²) in [6.07, 6.45) is 5.29. The zero-order valence-corrected chi connectivity index (χ0v) is 22.4. The molecule has 0 aromatic heterocycles. The Kier molecular flexibility index (Phi) is 16.9. The first-order valence-electron chi connectivity index (χ1n) is 11.7. The third-order valence-electron chi connectivity index (χ3n) is 4.73. The molecule has 0 radical (unpaired) electrons. The third kappa shape index (κ3) is 13.5. The largest absolute Gasteiger partial charge is 0.404 e. The summed E-state index contributed by atoms with van der Waals surface area (Å²) >= 11 is 12.0. The van der Waals surface area contributed by atoms with Crippen LogP contribution in [0.25, 0.3) is 0 Å². The number of nitrogens with one attached hydrogen (secondary N) is 2. The number of allylic oxidation sites excluding steroid dienone is 1. The summed E-state index contributed by atoms with van der Waals surface area (Å²) in [6, 6.07) is 5.36. The predicted molar refractivity (Wildman–Crippen MR) is 143 cm³/mol. The van der Waals surface area contributed by atoms with Crippen LogP contribution in [0.5, 0.6) is 0 Å². The van der Waals surface area contributed by atoms with E-state index in [0.29, 0.717) is 67.6 Å². The molecule has 0 heterocycles. The van der Waals surface area contributed by atoms with Crippen molar-refractivity contribution in [2.75, 3.05) is 46.2 Å². The molecule has 8 nitrogen and oxygen atoms in total. The fourth-order valence-electron chi connectivity index (χ4n) is 2.71. The molecule has 0 aliphatic carbocycles. The quantitative estimate of drug-likeness (QED) is 0.194. The lowest BCUT2D eigenvalue weighted by Gasteiger charge is -2.14. The molecule has 1 amide bonds. The molecule has 0 fully saturated rings. The highest BCUT2D eigenvalue weighted by atomic mass is 35.5. The fourth-order valence-corrected chi connectivity index (χ4v) is 3.03. The molecule has 1 aromatic carbocycles. The van der Waals surface area contributed by atoms with Crippen molar-refractivity contribution in [3.05, 3.63) is 57.5 Å². The second-order valence-electron chi connectivity index (χ2n) is 7.53. The first-order chi connectivity index (χ1) is 16.9. The van der Waals surface area contributed by atoms with Gasteiger partial charge in [-0.3, -0.25) is 9.79 Å². The van der Waals surface area contributed by atoms with Crippen molar-refractivity contribution in [2.24, 2.45) is 10.7 Å². The Balaban J connectivity index is 2.43. The highest BCUT2D eigenvalue weighted by Gasteiger charge is 2.14. The molecule has 0 unspecified atom stereocenters. The molecule has 10 heteroatoms. The van der Waals surface area contributed by atoms with E-state index in [1.165, 1.54) is 6.20 Å². The van der Waals surface area contributed by atoms with Gasteiger partial charge in [0.25, 0.3) is 5.91 Å². The van der Waals surface area contributed by atoms with Gasteiger partial charge in [-0.1, -0.05) is 42.6 Å². The molecular formula is C25H38Cl2N4O4. The minimum atomic E-state index is -0.370. The van der Waals surface area contributed by atoms with Gasteiger partial charge in [0.15, 0.2) is 0 Å². The lowest BCUT2D eigenvalue weighted by molar-refractivity contribution is -0.114. The summed E-state index contributed by atoms with van der Waals surface area (Å²) in [7, 11) is 0. The number of hydrogen-bond acceptors (Lipinski definition) is 7. The molecule has 4 N–H and O–H groups in total. The average molecular weight is 530 g/mol. The molecule has 196 valence electrons. The Hall–Kier alpha value is -2.10. The Bertz CT molecular complexity index is 860. The Morgan fingerprint density at radius 3 is 2.31 bits per heavy atom. The number of nitrogens with two attached hydrogens (primary N) is 1. The fraction of sp³-hybridized carbons (Fsp3) is 0.520. The van der Waals surface area contributed by atoms with E-state index in [9.17, 15) is 4.79 Å². The van der Waals surface area contributed by atoms with Gasteiger partial charge in [0.1, 0.15) is 11.5 Å². The summed E-state index contributed by atoms with van der Waals surface area (Å²) in [4.78, 5) is 17.2. The number of amides is 1. The van der Waals surface area contributed by atoms with E-state index in [0.717, 1.165) is 25.0 Å². The number of hydrogen-bond donors (Lipinski definition) is 3. The van der Waals surface area contributed by atoms with Crippen LogP contribution in [-0.4, -0.2) is 57.8 Å². The Morgan fingerprint density at radius 2 is 1.71 bits per heavy atom. The molecule has 0 aliphatic heterocycles. The zero-order chi connectivity index (χ0) is 25.9. The smallest absolute Gasteiger partial charge is 0.275 e. The highest BCUT2D eigenvalue weighted by molar-refractivity contribution is 6.45. The molecular weight excluding hydrogens is 491 g/mol. The topological polar surface area (TPSA) is 107 Å². The van der Waals surface area contributed by atoms with Crippen LogP contribution in [0.2, 0.25) is 10.0 Å². The highest BCUT2D eigenvalue weighted by Crippen LogP contribution is 2.22. The second kappa shape index (κ2) is 19.1. The van der Waals surface area contributed by atoms with Gasteiger partial charge in [-0.05, 0) is 55.8 Å². The molecule has 0 spiro atoms. The SMILES string of the molecule is CC=C(NCc1ccc(Cl)c(Cl)c1)NC(=O)C(=NCCOCCOCCOCCCC)C(C)=CN. The van der Waals surface area contributed by atoms with Gasteiger partial charge >= 0.3 is 0 Å². The van der Waals surface area contributed by atoms with E-state index >= 15 is 0 Å². The first kappa shape index (κ1) is 30.9. The minimum absolute atomic E-state index is 0.243. The summed E-state index contributed by atoms with van der Waals surface area (Å²) < 4.78 is 16.4. The number of nitrogens with zero attached hydrogens (tertiary/aromatic N) is 1. The maximum absolute atomic E-state index is 12.8. The minimum Gasteiger partial charge on any atom is -0.404 e. The molecule has 0 bridgehead atoms. The van der Waals surface area contributed by atoms with Crippen molar-refractivity contribution < 1.29 is 19.0 Å². The van der Waals surface area contributed by atoms with E-state index in [-0.39, 0.29) is 11.6 Å². The van der Waals surface area contributed by atoms with Gasteiger partial charge in [-0.2, -0.15) is 0 Å². The average Bonchev–Trinajstić information content (AvgIpc) is 2.86. The summed E-state index contributed by atoms with van der Waals surface area (Å²) in [5.74, 6) is 0.163. The van der Waals surface area contributed by atoms with Crippen LogP contribution in [0, 0.1) is 0 Å². The van der Waals surface area contributed by atoms with Crippen molar-refractivity contribution in [3.8, 4) is 0 Å². The van der Waals surface area contributed by atoms with Gasteiger partial charge in [0, 0.05) is 13.2 Å². The number of rotatable bonds is 18. The third-order valence-corrected chi connectivity index (χ3v) is 5.47. The van der Waals surface area contributed by atoms with Crippen molar-refractivity contribution in [3.63, 3.8) is 0 Å². The number of unbranched alkanes of at least 4 members (excludes halogenated alkanes) is 1. The van der Waals surface area contributed by atoms with Gasteiger partial charge in [-0.15, -0.1) is 0 Å². The lowest BCUT2D eigenvalue weighted by atomic mass is 10.2. The van der Waals surface area contributed by atoms with Gasteiger partial charge < -0.3 is 30.6 Å². The number of halogens is 2. The summed E-state index contributed by atoms with van der Waals surface area (Å²) in [5, 5.41) is 6.95. The van der Waals surface area contributed by atoms with E-state index in [4.69, 9.17) is 43.1 Å². The van der Waals surface area contributed by atoms with Crippen LogP contribution in [-0.2, 0) is 25.5 Å². The number of carbonyl (C=O) groups excluding carboxylic acids is 1. The van der Waals surface area contributed by atoms with Crippen molar-refractivity contribution in [2.45, 2.75) is 40.2 Å². The van der Waals surface area contributed by atoms with Gasteiger partial charge in [0.2, 0.25) is 0 Å². The monoisotopic (exact) mass is 528 g/mol. The Labute approximate surface area is 218 Å². The number of carbonyl (C=O) groups is 1. The second-order valence-corrected chi connectivity index (χ2v) is 8.34. The maximum Gasteiger partial charge on any atom is 0.275 e. The normalized spacial score (nSPS) is 12.7. The number of aliphatic imine (C=N–C) groups is 1. The molecule has 1 aromatic rings. The first-order valence-corrected chi connectivity index (χ1v) is 12.5. The van der Waals surface area contributed by atoms with Crippen LogP contribution >= 0.6 is 23.2 Å². The van der Waals surface area contributed by atoms with Crippen molar-refractivity contribution in [1.29, 1.82) is 0 Å². The van der Waals surface area contributed by atoms with Crippen LogP contribution < -0.4 is 16.4 Å². The number of benzene rings is 1. The standard InChI is InChI=1S/C25H38Cl2N4O4/c1-4-6-10-33-12-14-35-15-13-34-11-9-29-24(19(3)17-28)25(32)31-23(5-2)30-18-20-7-8-21(26)22(27)16-20/h5,7-8,16-17,30H,4,6,9-15,18,28H2,1-3H3,(H,31,32). The van der Waals surface area contributed by atoms with E-state index < -0.39 is 0 Å². The Morgan fingerprint density at radius 1 is 1.06 bits per heavy atom. The van der Waals surface area contributed by atoms with Crippen molar-refractivity contribution >= 4 is 34.8 Å². The molecule has 0 atom stereocenters. The van der Waals surface area contributed by atoms with E-state index in [2.05, 4.69) is 22.5 Å². The lowest BCUT2D eigenvalue weighted by Crippen LogP contribution is -2.36. The van der Waals surface area contributed by atoms with Crippen LogP contribution in [0.15, 0.2) is 46.9 Å². The molecule has 35 heavy (non-hydrogen) atoms.